The molecule has 2 atom stereocenters. The second-order valence-corrected chi connectivity index (χ2v) is 5.40. The van der Waals surface area contributed by atoms with Crippen LogP contribution >= 0.6 is 0 Å². The molecule has 1 N–H and O–H groups in total. The fourth-order valence-electron chi connectivity index (χ4n) is 2.73. The quantitative estimate of drug-likeness (QED) is 0.828. The number of alkyl halides is 3. The maximum atomic E-state index is 12.5. The smallest absolute Gasteiger partial charge is 0.391 e. The molecule has 0 bridgehead atoms. The van der Waals surface area contributed by atoms with Gasteiger partial charge in [-0.2, -0.15) is 13.2 Å². The zero-order valence-corrected chi connectivity index (χ0v) is 11.0. The lowest BCUT2D eigenvalue weighted by atomic mass is 9.76. The number of rotatable bonds is 5. The van der Waals surface area contributed by atoms with Gasteiger partial charge < -0.3 is 9.84 Å². The van der Waals surface area contributed by atoms with Crippen LogP contribution in [-0.2, 0) is 4.74 Å². The Hall–Kier alpha value is -0.290. The van der Waals surface area contributed by atoms with E-state index in [0.29, 0.717) is 19.4 Å². The summed E-state index contributed by atoms with van der Waals surface area (Å²) < 4.78 is 42.5. The van der Waals surface area contributed by atoms with Crippen molar-refractivity contribution in [2.24, 2.45) is 17.8 Å². The summed E-state index contributed by atoms with van der Waals surface area (Å²) in [4.78, 5) is 0. The summed E-state index contributed by atoms with van der Waals surface area (Å²) in [7, 11) is 1.60. The van der Waals surface area contributed by atoms with E-state index in [1.807, 2.05) is 6.92 Å². The Morgan fingerprint density at radius 3 is 2.22 bits per heavy atom. The first-order chi connectivity index (χ1) is 8.36. The highest BCUT2D eigenvalue weighted by molar-refractivity contribution is 4.82. The number of hydrogen-bond donors (Lipinski definition) is 1. The molecule has 1 aliphatic rings. The van der Waals surface area contributed by atoms with Gasteiger partial charge in [-0.1, -0.05) is 6.92 Å². The first kappa shape index (κ1) is 15.8. The summed E-state index contributed by atoms with van der Waals surface area (Å²) in [5, 5.41) is 10.1. The average Bonchev–Trinajstić information content (AvgIpc) is 2.34. The third-order valence-corrected chi connectivity index (χ3v) is 4.08. The van der Waals surface area contributed by atoms with Crippen molar-refractivity contribution in [3.05, 3.63) is 0 Å². The number of methoxy groups -OCH3 is 1. The number of ether oxygens (including phenoxy) is 1. The predicted octanol–water partition coefficient (Wildman–Crippen LogP) is 3.39. The topological polar surface area (TPSA) is 29.5 Å². The standard InChI is InChI=1S/C13H23F3O2/c1-9(7-8-18-2)12(17)10-3-5-11(6-4-10)13(14,15)16/h9-12,17H,3-8H2,1-2H3. The van der Waals surface area contributed by atoms with E-state index in [1.54, 1.807) is 7.11 Å². The zero-order chi connectivity index (χ0) is 13.8. The average molecular weight is 268 g/mol. The highest BCUT2D eigenvalue weighted by Crippen LogP contribution is 2.41. The lowest BCUT2D eigenvalue weighted by Gasteiger charge is -2.34. The van der Waals surface area contributed by atoms with Gasteiger partial charge in [-0.15, -0.1) is 0 Å². The van der Waals surface area contributed by atoms with Gasteiger partial charge in [0.15, 0.2) is 0 Å². The molecule has 0 saturated heterocycles. The molecule has 1 saturated carbocycles. The van der Waals surface area contributed by atoms with Gasteiger partial charge in [0.25, 0.3) is 0 Å². The van der Waals surface area contributed by atoms with Crippen LogP contribution in [0.3, 0.4) is 0 Å². The van der Waals surface area contributed by atoms with Crippen molar-refractivity contribution in [3.8, 4) is 0 Å². The molecular formula is C13H23F3O2. The molecule has 1 fully saturated rings. The number of halogens is 3. The predicted molar refractivity (Wildman–Crippen MR) is 63.2 cm³/mol. The summed E-state index contributed by atoms with van der Waals surface area (Å²) in [6.07, 6.45) is -2.57. The summed E-state index contributed by atoms with van der Waals surface area (Å²) in [5.41, 5.74) is 0. The summed E-state index contributed by atoms with van der Waals surface area (Å²) in [6, 6.07) is 0. The van der Waals surface area contributed by atoms with Crippen LogP contribution in [0.25, 0.3) is 0 Å². The molecule has 0 aromatic heterocycles. The largest absolute Gasteiger partial charge is 0.393 e. The first-order valence-electron chi connectivity index (χ1n) is 6.60. The van der Waals surface area contributed by atoms with Crippen LogP contribution in [-0.4, -0.2) is 31.1 Å². The molecule has 108 valence electrons. The van der Waals surface area contributed by atoms with Crippen molar-refractivity contribution < 1.29 is 23.0 Å². The molecule has 0 aromatic rings. The van der Waals surface area contributed by atoms with Crippen LogP contribution in [0, 0.1) is 17.8 Å². The monoisotopic (exact) mass is 268 g/mol. The van der Waals surface area contributed by atoms with E-state index in [9.17, 15) is 18.3 Å². The summed E-state index contributed by atoms with van der Waals surface area (Å²) in [6.45, 7) is 2.51. The van der Waals surface area contributed by atoms with E-state index in [2.05, 4.69) is 0 Å². The third kappa shape index (κ3) is 4.43. The molecular weight excluding hydrogens is 245 g/mol. The van der Waals surface area contributed by atoms with Crippen molar-refractivity contribution in [2.75, 3.05) is 13.7 Å². The zero-order valence-electron chi connectivity index (χ0n) is 11.0. The Bertz CT molecular complexity index is 235. The SMILES string of the molecule is COCCC(C)C(O)C1CCC(C(F)(F)F)CC1. The summed E-state index contributed by atoms with van der Waals surface area (Å²) >= 11 is 0. The van der Waals surface area contributed by atoms with E-state index < -0.39 is 18.2 Å². The van der Waals surface area contributed by atoms with Crippen LogP contribution in [0.2, 0.25) is 0 Å². The van der Waals surface area contributed by atoms with Gasteiger partial charge in [-0.25, -0.2) is 0 Å². The molecule has 2 unspecified atom stereocenters. The van der Waals surface area contributed by atoms with Crippen molar-refractivity contribution in [1.82, 2.24) is 0 Å². The summed E-state index contributed by atoms with van der Waals surface area (Å²) in [5.74, 6) is -1.08. The van der Waals surface area contributed by atoms with Crippen molar-refractivity contribution in [3.63, 3.8) is 0 Å². The van der Waals surface area contributed by atoms with E-state index >= 15 is 0 Å². The van der Waals surface area contributed by atoms with Crippen LogP contribution in [0.1, 0.15) is 39.0 Å². The molecule has 0 spiro atoms. The molecule has 0 heterocycles. The Balaban J connectivity index is 2.38. The van der Waals surface area contributed by atoms with Gasteiger partial charge in [-0.05, 0) is 43.9 Å². The van der Waals surface area contributed by atoms with Crippen LogP contribution in [0.4, 0.5) is 13.2 Å². The molecule has 0 amide bonds. The highest BCUT2D eigenvalue weighted by atomic mass is 19.4. The van der Waals surface area contributed by atoms with Gasteiger partial charge in [0.1, 0.15) is 0 Å². The molecule has 18 heavy (non-hydrogen) atoms. The van der Waals surface area contributed by atoms with Gasteiger partial charge >= 0.3 is 6.18 Å². The van der Waals surface area contributed by atoms with Crippen molar-refractivity contribution in [1.29, 1.82) is 0 Å². The first-order valence-corrected chi connectivity index (χ1v) is 6.60. The van der Waals surface area contributed by atoms with Crippen molar-refractivity contribution >= 4 is 0 Å². The van der Waals surface area contributed by atoms with Crippen molar-refractivity contribution in [2.45, 2.75) is 51.3 Å². The minimum absolute atomic E-state index is 0.00968. The van der Waals surface area contributed by atoms with E-state index in [-0.39, 0.29) is 24.7 Å². The second kappa shape index (κ2) is 6.75. The Morgan fingerprint density at radius 2 is 1.78 bits per heavy atom. The number of aliphatic hydroxyl groups is 1. The van der Waals surface area contributed by atoms with Gasteiger partial charge in [0.05, 0.1) is 12.0 Å². The van der Waals surface area contributed by atoms with E-state index in [1.165, 1.54) is 0 Å². The minimum atomic E-state index is -4.07. The maximum absolute atomic E-state index is 12.5. The van der Waals surface area contributed by atoms with Gasteiger partial charge in [0, 0.05) is 13.7 Å². The molecule has 2 nitrogen and oxygen atoms in total. The lowest BCUT2D eigenvalue weighted by molar-refractivity contribution is -0.186. The highest BCUT2D eigenvalue weighted by Gasteiger charge is 2.42. The third-order valence-electron chi connectivity index (χ3n) is 4.08. The normalized spacial score (nSPS) is 29.0. The Labute approximate surface area is 107 Å². The van der Waals surface area contributed by atoms with E-state index in [0.717, 1.165) is 6.42 Å². The molecule has 1 rings (SSSR count). The van der Waals surface area contributed by atoms with Crippen LogP contribution in [0.5, 0.6) is 0 Å². The molecule has 1 aliphatic carbocycles. The fourth-order valence-corrected chi connectivity index (χ4v) is 2.73. The maximum Gasteiger partial charge on any atom is 0.391 e. The Kier molecular flexibility index (Phi) is 5.92. The van der Waals surface area contributed by atoms with Gasteiger partial charge in [-0.3, -0.25) is 0 Å². The fraction of sp³-hybridized carbons (Fsp3) is 1.00. The lowest BCUT2D eigenvalue weighted by Crippen LogP contribution is -2.35. The molecule has 0 radical (unpaired) electrons. The number of aliphatic hydroxyl groups excluding tert-OH is 1. The molecule has 0 aliphatic heterocycles. The van der Waals surface area contributed by atoms with Gasteiger partial charge in [0.2, 0.25) is 0 Å². The van der Waals surface area contributed by atoms with E-state index in [4.69, 9.17) is 4.74 Å². The molecule has 5 heteroatoms. The molecule has 0 aromatic carbocycles. The Morgan fingerprint density at radius 1 is 1.22 bits per heavy atom. The second-order valence-electron chi connectivity index (χ2n) is 5.40. The van der Waals surface area contributed by atoms with Crippen LogP contribution < -0.4 is 0 Å². The number of hydrogen-bond acceptors (Lipinski definition) is 2. The minimum Gasteiger partial charge on any atom is -0.393 e. The van der Waals surface area contributed by atoms with Crippen LogP contribution in [0.15, 0.2) is 0 Å².